The van der Waals surface area contributed by atoms with Gasteiger partial charge in [0.1, 0.15) is 5.82 Å². The molecule has 1 aromatic heterocycles. The summed E-state index contributed by atoms with van der Waals surface area (Å²) in [6.45, 7) is -2.28. The van der Waals surface area contributed by atoms with Crippen molar-refractivity contribution in [3.05, 3.63) is 60.7 Å². The molecule has 1 fully saturated rings. The van der Waals surface area contributed by atoms with Crippen LogP contribution in [-0.4, -0.2) is 52.7 Å². The van der Waals surface area contributed by atoms with Crippen LogP contribution in [0.4, 0.5) is 23.5 Å². The normalized spacial score (nSPS) is 16.5. The highest BCUT2D eigenvalue weighted by Crippen LogP contribution is 2.42. The fourth-order valence-corrected chi connectivity index (χ4v) is 5.11. The van der Waals surface area contributed by atoms with E-state index in [0.29, 0.717) is 15.4 Å². The van der Waals surface area contributed by atoms with E-state index in [-0.39, 0.29) is 22.0 Å². The number of nitrogen functional groups attached to an aromatic ring is 1. The maximum atomic E-state index is 13.8. The van der Waals surface area contributed by atoms with Crippen LogP contribution in [0.3, 0.4) is 0 Å². The molecule has 1 aliphatic heterocycles. The number of rotatable bonds is 4. The van der Waals surface area contributed by atoms with Crippen LogP contribution in [0, 0.1) is 5.82 Å². The maximum Gasteiger partial charge on any atom is 0.419 e. The molecular formula is C20H16F4N4O3S. The Morgan fingerprint density at radius 3 is 2.25 bits per heavy atom. The van der Waals surface area contributed by atoms with Gasteiger partial charge in [-0.05, 0) is 29.3 Å². The van der Waals surface area contributed by atoms with Crippen molar-refractivity contribution in [1.29, 1.82) is 0 Å². The molecule has 168 valence electrons. The van der Waals surface area contributed by atoms with Crippen LogP contribution < -0.4 is 5.73 Å². The first-order chi connectivity index (χ1) is 14.9. The zero-order valence-electron chi connectivity index (χ0n) is 16.2. The highest BCUT2D eigenvalue weighted by Gasteiger charge is 2.63. The fourth-order valence-electron chi connectivity index (χ4n) is 3.32. The van der Waals surface area contributed by atoms with Gasteiger partial charge in [0.2, 0.25) is 16.0 Å². The van der Waals surface area contributed by atoms with Gasteiger partial charge in [-0.2, -0.15) is 17.5 Å². The summed E-state index contributed by atoms with van der Waals surface area (Å²) in [5.41, 5.74) is 3.42. The van der Waals surface area contributed by atoms with E-state index in [1.165, 1.54) is 42.7 Å². The molecule has 0 atom stereocenters. The van der Waals surface area contributed by atoms with Gasteiger partial charge in [-0.25, -0.2) is 22.8 Å². The third kappa shape index (κ3) is 3.80. The Balaban J connectivity index is 1.82. The Morgan fingerprint density at radius 2 is 1.66 bits per heavy atom. The minimum absolute atomic E-state index is 0.00462. The first kappa shape index (κ1) is 22.1. The summed E-state index contributed by atoms with van der Waals surface area (Å²) >= 11 is 0. The summed E-state index contributed by atoms with van der Waals surface area (Å²) in [7, 11) is -4.48. The Kier molecular flexibility index (Phi) is 5.18. The van der Waals surface area contributed by atoms with Crippen LogP contribution in [0.2, 0.25) is 0 Å². The molecule has 1 aliphatic rings. The number of aromatic nitrogens is 2. The largest absolute Gasteiger partial charge is 0.419 e. The second-order valence-corrected chi connectivity index (χ2v) is 9.26. The third-order valence-electron chi connectivity index (χ3n) is 5.14. The number of alkyl halides is 3. The number of sulfonamides is 1. The Morgan fingerprint density at radius 1 is 1.00 bits per heavy atom. The molecule has 0 unspecified atom stereocenters. The van der Waals surface area contributed by atoms with E-state index in [1.54, 1.807) is 6.07 Å². The van der Waals surface area contributed by atoms with E-state index in [2.05, 4.69) is 9.97 Å². The van der Waals surface area contributed by atoms with E-state index in [1.807, 2.05) is 0 Å². The Bertz CT molecular complexity index is 1270. The van der Waals surface area contributed by atoms with Crippen LogP contribution in [0.15, 0.2) is 59.8 Å². The van der Waals surface area contributed by atoms with Crippen LogP contribution in [0.1, 0.15) is 0 Å². The quantitative estimate of drug-likeness (QED) is 0.570. The number of benzene rings is 2. The number of nitrogens with zero attached hydrogens (tertiary/aromatic N) is 3. The second-order valence-electron chi connectivity index (χ2n) is 7.35. The molecule has 3 N–H and O–H groups in total. The SMILES string of the molecule is Nc1ncc(-c2ccc(-c3cccc(F)c3)c(S(=O)(=O)N3CC(O)(C(F)(F)F)C3)c2)cn1. The number of hydrogen-bond acceptors (Lipinski definition) is 6. The monoisotopic (exact) mass is 468 g/mol. The predicted octanol–water partition coefficient (Wildman–Crippen LogP) is 2.83. The molecule has 32 heavy (non-hydrogen) atoms. The molecule has 0 radical (unpaired) electrons. The number of aliphatic hydroxyl groups is 1. The van der Waals surface area contributed by atoms with Crippen molar-refractivity contribution in [2.75, 3.05) is 18.8 Å². The first-order valence-corrected chi connectivity index (χ1v) is 10.6. The molecule has 0 bridgehead atoms. The smallest absolute Gasteiger partial charge is 0.378 e. The first-order valence-electron chi connectivity index (χ1n) is 9.18. The summed E-state index contributed by atoms with van der Waals surface area (Å²) in [5, 5.41) is 9.70. The molecule has 0 aliphatic carbocycles. The van der Waals surface area contributed by atoms with E-state index in [4.69, 9.17) is 5.73 Å². The highest BCUT2D eigenvalue weighted by atomic mass is 32.2. The molecule has 1 saturated heterocycles. The summed E-state index contributed by atoms with van der Waals surface area (Å²) in [6, 6.07) is 9.37. The van der Waals surface area contributed by atoms with Crippen LogP contribution in [0.25, 0.3) is 22.3 Å². The van der Waals surface area contributed by atoms with Gasteiger partial charge in [-0.1, -0.05) is 24.3 Å². The van der Waals surface area contributed by atoms with E-state index < -0.39 is 40.7 Å². The van der Waals surface area contributed by atoms with Gasteiger partial charge in [0.05, 0.1) is 18.0 Å². The molecule has 2 heterocycles. The van der Waals surface area contributed by atoms with Crippen LogP contribution >= 0.6 is 0 Å². The van der Waals surface area contributed by atoms with Gasteiger partial charge in [-0.15, -0.1) is 0 Å². The van der Waals surface area contributed by atoms with Crippen LogP contribution in [-0.2, 0) is 10.0 Å². The summed E-state index contributed by atoms with van der Waals surface area (Å²) in [4.78, 5) is 7.35. The molecule has 2 aromatic carbocycles. The fraction of sp³-hybridized carbons (Fsp3) is 0.200. The lowest BCUT2D eigenvalue weighted by atomic mass is 9.97. The number of nitrogens with two attached hydrogens (primary N) is 1. The Hall–Kier alpha value is -3.09. The van der Waals surface area contributed by atoms with E-state index in [9.17, 15) is 31.1 Å². The van der Waals surface area contributed by atoms with Crippen molar-refractivity contribution >= 4 is 16.0 Å². The van der Waals surface area contributed by atoms with Crippen molar-refractivity contribution in [3.8, 4) is 22.3 Å². The van der Waals surface area contributed by atoms with Gasteiger partial charge >= 0.3 is 6.18 Å². The average molecular weight is 468 g/mol. The lowest BCUT2D eigenvalue weighted by Crippen LogP contribution is -2.70. The van der Waals surface area contributed by atoms with Gasteiger partial charge < -0.3 is 10.8 Å². The van der Waals surface area contributed by atoms with Gasteiger partial charge in [0.15, 0.2) is 5.60 Å². The minimum atomic E-state index is -4.98. The number of β-amino-alcohol motifs (C(OH)–C–C–N with tert-alkyl or cyclic N) is 1. The van der Waals surface area contributed by atoms with E-state index in [0.717, 1.165) is 6.07 Å². The zero-order valence-corrected chi connectivity index (χ0v) is 17.0. The second kappa shape index (κ2) is 7.50. The van der Waals surface area contributed by atoms with Gasteiger partial charge in [0.25, 0.3) is 0 Å². The van der Waals surface area contributed by atoms with Crippen molar-refractivity contribution in [1.82, 2.24) is 14.3 Å². The molecule has 7 nitrogen and oxygen atoms in total. The lowest BCUT2D eigenvalue weighted by molar-refractivity contribution is -0.290. The minimum Gasteiger partial charge on any atom is -0.378 e. The molecule has 0 saturated carbocycles. The van der Waals surface area contributed by atoms with Crippen molar-refractivity contribution in [2.24, 2.45) is 0 Å². The van der Waals surface area contributed by atoms with Crippen LogP contribution in [0.5, 0.6) is 0 Å². The van der Waals surface area contributed by atoms with Gasteiger partial charge in [0, 0.05) is 23.5 Å². The average Bonchev–Trinajstić information content (AvgIpc) is 2.70. The van der Waals surface area contributed by atoms with E-state index >= 15 is 0 Å². The van der Waals surface area contributed by atoms with Crippen molar-refractivity contribution in [3.63, 3.8) is 0 Å². The van der Waals surface area contributed by atoms with Crippen molar-refractivity contribution < 1.29 is 31.1 Å². The third-order valence-corrected chi connectivity index (χ3v) is 6.98. The number of anilines is 1. The molecule has 3 aromatic rings. The summed E-state index contributed by atoms with van der Waals surface area (Å²) in [5.74, 6) is -0.609. The molecule has 0 spiro atoms. The predicted molar refractivity (Wildman–Crippen MR) is 107 cm³/mol. The van der Waals surface area contributed by atoms with Gasteiger partial charge in [-0.3, -0.25) is 0 Å². The lowest BCUT2D eigenvalue weighted by Gasteiger charge is -2.45. The highest BCUT2D eigenvalue weighted by molar-refractivity contribution is 7.89. The maximum absolute atomic E-state index is 13.8. The topological polar surface area (TPSA) is 109 Å². The van der Waals surface area contributed by atoms with Crippen molar-refractivity contribution in [2.45, 2.75) is 16.7 Å². The summed E-state index contributed by atoms with van der Waals surface area (Å²) < 4.78 is 79.9. The molecule has 4 rings (SSSR count). The molecule has 0 amide bonds. The number of hydrogen-bond donors (Lipinski definition) is 2. The zero-order chi connectivity index (χ0) is 23.3. The molecular weight excluding hydrogens is 452 g/mol. The summed E-state index contributed by atoms with van der Waals surface area (Å²) in [6.07, 6.45) is -2.25. The number of halogens is 4. The standard InChI is InChI=1S/C20H16F4N4O3S/c21-15-3-1-2-13(6-15)16-5-4-12(14-8-26-18(25)27-9-14)7-17(16)32(30,31)28-10-19(29,11-28)20(22,23)24/h1-9,29H,10-11H2,(H2,25,26,27). The Labute approximate surface area is 180 Å². The molecule has 12 heteroatoms.